The lowest BCUT2D eigenvalue weighted by Crippen LogP contribution is -2.60. The summed E-state index contributed by atoms with van der Waals surface area (Å²) in [6.07, 6.45) is 7.36. The van der Waals surface area contributed by atoms with Gasteiger partial charge in [0.2, 0.25) is 5.91 Å². The summed E-state index contributed by atoms with van der Waals surface area (Å²) >= 11 is 0. The van der Waals surface area contributed by atoms with E-state index in [9.17, 15) is 14.4 Å². The molecule has 5 rings (SSSR count). The zero-order valence-electron chi connectivity index (χ0n) is 23.7. The Morgan fingerprint density at radius 1 is 1.05 bits per heavy atom. The van der Waals surface area contributed by atoms with E-state index in [0.717, 1.165) is 6.42 Å². The molecule has 1 unspecified atom stereocenters. The maximum atomic E-state index is 12.7. The molecule has 2 heterocycles. The van der Waals surface area contributed by atoms with E-state index >= 15 is 0 Å². The van der Waals surface area contributed by atoms with Gasteiger partial charge >= 0.3 is 11.7 Å². The van der Waals surface area contributed by atoms with Crippen molar-refractivity contribution in [1.82, 2.24) is 24.7 Å². The van der Waals surface area contributed by atoms with Crippen molar-refractivity contribution < 1.29 is 9.59 Å². The minimum Gasteiger partial charge on any atom is -0.338 e. The van der Waals surface area contributed by atoms with Gasteiger partial charge in [0.15, 0.2) is 0 Å². The van der Waals surface area contributed by atoms with Crippen molar-refractivity contribution in [1.29, 1.82) is 0 Å². The van der Waals surface area contributed by atoms with Crippen LogP contribution in [0.15, 0.2) is 41.3 Å². The molecular formula is C29H42N8O3. The Morgan fingerprint density at radius 3 is 2.25 bits per heavy atom. The highest BCUT2D eigenvalue weighted by Gasteiger charge is 2.51. The van der Waals surface area contributed by atoms with Gasteiger partial charge in [-0.05, 0) is 82.1 Å². The number of nitrogens with zero attached hydrogens (tertiary/aromatic N) is 4. The maximum Gasteiger partial charge on any atom is 0.354 e. The predicted octanol–water partition coefficient (Wildman–Crippen LogP) is 1.44. The van der Waals surface area contributed by atoms with Crippen LogP contribution in [0.25, 0.3) is 5.69 Å². The van der Waals surface area contributed by atoms with Gasteiger partial charge in [-0.15, -0.1) is 0 Å². The molecule has 40 heavy (non-hydrogen) atoms. The van der Waals surface area contributed by atoms with E-state index in [4.69, 9.17) is 11.5 Å². The van der Waals surface area contributed by atoms with Crippen LogP contribution in [0.5, 0.6) is 0 Å². The van der Waals surface area contributed by atoms with Crippen molar-refractivity contribution >= 4 is 17.8 Å². The molecule has 1 aromatic heterocycles. The lowest BCUT2D eigenvalue weighted by atomic mass is 9.52. The average molecular weight is 551 g/mol. The smallest absolute Gasteiger partial charge is 0.338 e. The second-order valence-electron chi connectivity index (χ2n) is 12.6. The summed E-state index contributed by atoms with van der Waals surface area (Å²) in [5, 5.41) is 6.45. The van der Waals surface area contributed by atoms with Crippen LogP contribution in [0.3, 0.4) is 0 Å². The van der Waals surface area contributed by atoms with Crippen LogP contribution in [0.1, 0.15) is 52.0 Å². The molecule has 2 aromatic rings. The summed E-state index contributed by atoms with van der Waals surface area (Å²) in [4.78, 5) is 45.1. The molecule has 11 heteroatoms. The number of aromatic nitrogens is 2. The molecule has 1 spiro atoms. The van der Waals surface area contributed by atoms with Crippen molar-refractivity contribution in [3.63, 3.8) is 0 Å². The number of carbonyl (C=O) groups is 2. The second kappa shape index (κ2) is 10.9. The highest BCUT2D eigenvalue weighted by molar-refractivity contribution is 5.89. The van der Waals surface area contributed by atoms with Gasteiger partial charge in [0.05, 0.1) is 11.2 Å². The van der Waals surface area contributed by atoms with Crippen molar-refractivity contribution in [2.75, 3.05) is 31.5 Å². The zero-order valence-corrected chi connectivity index (χ0v) is 23.7. The topological polar surface area (TPSA) is 152 Å². The molecule has 3 amide bonds. The van der Waals surface area contributed by atoms with Gasteiger partial charge in [0.1, 0.15) is 5.82 Å². The maximum absolute atomic E-state index is 12.7. The third-order valence-corrected chi connectivity index (χ3v) is 8.47. The van der Waals surface area contributed by atoms with Gasteiger partial charge in [-0.25, -0.2) is 9.59 Å². The molecule has 1 atom stereocenters. The Bertz CT molecular complexity index is 1280. The van der Waals surface area contributed by atoms with Crippen LogP contribution in [-0.2, 0) is 11.2 Å². The molecule has 6 N–H and O–H groups in total. The molecule has 2 aliphatic carbocycles. The first-order chi connectivity index (χ1) is 18.9. The van der Waals surface area contributed by atoms with E-state index in [1.54, 1.807) is 35.9 Å². The number of urea groups is 1. The summed E-state index contributed by atoms with van der Waals surface area (Å²) in [6, 6.07) is 10.5. The van der Waals surface area contributed by atoms with Gasteiger partial charge in [0, 0.05) is 50.5 Å². The molecule has 3 fully saturated rings. The minimum atomic E-state index is -0.946. The zero-order chi connectivity index (χ0) is 28.7. The lowest BCUT2D eigenvalue weighted by Gasteiger charge is -2.57. The van der Waals surface area contributed by atoms with Gasteiger partial charge in [-0.3, -0.25) is 14.7 Å². The number of benzene rings is 1. The van der Waals surface area contributed by atoms with Crippen molar-refractivity contribution in [2.45, 2.75) is 76.5 Å². The average Bonchev–Trinajstić information content (AvgIpc) is 2.86. The van der Waals surface area contributed by atoms with Gasteiger partial charge < -0.3 is 26.6 Å². The Morgan fingerprint density at radius 2 is 1.68 bits per heavy atom. The fourth-order valence-corrected chi connectivity index (χ4v) is 6.47. The first-order valence-electron chi connectivity index (χ1n) is 14.3. The molecule has 2 saturated carbocycles. The molecule has 11 nitrogen and oxygen atoms in total. The third kappa shape index (κ3) is 6.21. The normalized spacial score (nSPS) is 25.2. The molecular weight excluding hydrogens is 508 g/mol. The number of hydrogen-bond donors (Lipinski definition) is 4. The number of amides is 3. The third-order valence-electron chi connectivity index (χ3n) is 8.47. The number of nitrogens with two attached hydrogens (primary N) is 2. The van der Waals surface area contributed by atoms with Crippen molar-refractivity contribution in [3.05, 3.63) is 52.6 Å². The van der Waals surface area contributed by atoms with Gasteiger partial charge in [-0.1, -0.05) is 12.1 Å². The van der Waals surface area contributed by atoms with Gasteiger partial charge in [0.25, 0.3) is 0 Å². The number of carbonyl (C=O) groups excluding carboxylic acids is 2. The molecule has 0 radical (unpaired) electrons. The SMILES string of the molecule is CC(Cc1ccc(-n2ccc(NC(=O)N3CCN(C(=O)C(C)(C)N)CC3)nc2=O)cc1)NC1CC2(CC(N)C2)C1. The predicted molar refractivity (Wildman–Crippen MR) is 154 cm³/mol. The Labute approximate surface area is 235 Å². The quantitative estimate of drug-likeness (QED) is 0.407. The van der Waals surface area contributed by atoms with Crippen LogP contribution < -0.4 is 27.8 Å². The molecule has 1 aliphatic heterocycles. The van der Waals surface area contributed by atoms with Crippen LogP contribution in [0, 0.1) is 5.41 Å². The number of nitrogens with one attached hydrogen (secondary N) is 2. The highest BCUT2D eigenvalue weighted by atomic mass is 16.2. The summed E-state index contributed by atoms with van der Waals surface area (Å²) < 4.78 is 1.46. The number of piperazine rings is 1. The van der Waals surface area contributed by atoms with Crippen LogP contribution >= 0.6 is 0 Å². The molecule has 216 valence electrons. The Kier molecular flexibility index (Phi) is 7.73. The monoisotopic (exact) mass is 550 g/mol. The first kappa shape index (κ1) is 28.3. The van der Waals surface area contributed by atoms with E-state index in [2.05, 4.69) is 22.5 Å². The van der Waals surface area contributed by atoms with Crippen molar-refractivity contribution in [2.24, 2.45) is 16.9 Å². The molecule has 1 saturated heterocycles. The summed E-state index contributed by atoms with van der Waals surface area (Å²) in [6.45, 7) is 7.13. The molecule has 1 aromatic carbocycles. The van der Waals surface area contributed by atoms with E-state index in [0.29, 0.717) is 55.4 Å². The highest BCUT2D eigenvalue weighted by Crippen LogP contribution is 2.55. The second-order valence-corrected chi connectivity index (χ2v) is 12.6. The van der Waals surface area contributed by atoms with Crippen LogP contribution in [0.4, 0.5) is 10.6 Å². The fraction of sp³-hybridized carbons (Fsp3) is 0.586. The van der Waals surface area contributed by atoms with Crippen LogP contribution in [-0.4, -0.2) is 81.1 Å². The lowest BCUT2D eigenvalue weighted by molar-refractivity contribution is -0.137. The largest absolute Gasteiger partial charge is 0.354 e. The number of anilines is 1. The Balaban J connectivity index is 1.10. The summed E-state index contributed by atoms with van der Waals surface area (Å²) in [5.41, 5.74) is 12.9. The van der Waals surface area contributed by atoms with Crippen LogP contribution in [0.2, 0.25) is 0 Å². The van der Waals surface area contributed by atoms with Gasteiger partial charge in [-0.2, -0.15) is 4.98 Å². The first-order valence-corrected chi connectivity index (χ1v) is 14.3. The molecule has 3 aliphatic rings. The minimum absolute atomic E-state index is 0.140. The van der Waals surface area contributed by atoms with Crippen molar-refractivity contribution in [3.8, 4) is 5.69 Å². The van der Waals surface area contributed by atoms with E-state index in [1.807, 2.05) is 24.3 Å². The molecule has 0 bridgehead atoms. The standard InChI is InChI=1S/C29H42N8O3/c1-19(32-22-17-29(18-22)15-21(30)16-29)14-20-4-6-23(7-5-20)37-9-8-24(34-27(37)40)33-26(39)36-12-10-35(11-13-36)25(38)28(2,3)31/h4-9,19,21-22,32H,10-18,30-31H2,1-3H3,(H,33,34,39,40). The number of rotatable bonds is 7. The number of hydrogen-bond acceptors (Lipinski definition) is 7. The fourth-order valence-electron chi connectivity index (χ4n) is 6.47. The van der Waals surface area contributed by atoms with E-state index in [1.165, 1.54) is 35.8 Å². The van der Waals surface area contributed by atoms with E-state index < -0.39 is 11.2 Å². The Hall–Kier alpha value is -3.28. The van der Waals surface area contributed by atoms with E-state index in [-0.39, 0.29) is 17.8 Å². The summed E-state index contributed by atoms with van der Waals surface area (Å²) in [7, 11) is 0. The summed E-state index contributed by atoms with van der Waals surface area (Å²) in [5.74, 6) is 0.0457.